The summed E-state index contributed by atoms with van der Waals surface area (Å²) in [5, 5.41) is 12.5. The van der Waals surface area contributed by atoms with Gasteiger partial charge in [0.25, 0.3) is 0 Å². The summed E-state index contributed by atoms with van der Waals surface area (Å²) in [6.45, 7) is 0.832. The van der Waals surface area contributed by atoms with Crippen molar-refractivity contribution in [2.75, 3.05) is 5.73 Å². The van der Waals surface area contributed by atoms with Gasteiger partial charge in [0.15, 0.2) is 5.82 Å². The maximum atomic E-state index is 6.06. The summed E-state index contributed by atoms with van der Waals surface area (Å²) in [6.07, 6.45) is 6.49. The number of hydrogen-bond donors (Lipinski definition) is 1. The first-order valence-corrected chi connectivity index (χ1v) is 7.44. The highest BCUT2D eigenvalue weighted by Crippen LogP contribution is 2.31. The molecule has 3 rings (SSSR count). The van der Waals surface area contributed by atoms with Gasteiger partial charge in [0.05, 0.1) is 10.7 Å². The number of nitrogens with two attached hydrogens (primary N) is 1. The summed E-state index contributed by atoms with van der Waals surface area (Å²) in [5.74, 6) is 1.51. The zero-order valence-electron chi connectivity index (χ0n) is 11.3. The molecule has 2 aromatic rings. The topological polar surface area (TPSA) is 69.6 Å². The van der Waals surface area contributed by atoms with E-state index in [1.54, 1.807) is 6.07 Å². The number of aromatic nitrogens is 4. The lowest BCUT2D eigenvalue weighted by Gasteiger charge is -2.10. The summed E-state index contributed by atoms with van der Waals surface area (Å²) in [6, 6.07) is 5.54. The molecule has 0 amide bonds. The fourth-order valence-electron chi connectivity index (χ4n) is 2.88. The van der Waals surface area contributed by atoms with Gasteiger partial charge in [-0.3, -0.25) is 0 Å². The molecule has 1 saturated carbocycles. The predicted octanol–water partition coefficient (Wildman–Crippen LogP) is 3.16. The van der Waals surface area contributed by atoms with E-state index in [4.69, 9.17) is 17.3 Å². The smallest absolute Gasteiger partial charge is 0.184 e. The minimum Gasteiger partial charge on any atom is -0.397 e. The highest BCUT2D eigenvalue weighted by molar-refractivity contribution is 6.33. The minimum atomic E-state index is 0.533. The molecule has 0 radical (unpaired) electrons. The molecular weight excluding hydrogens is 274 g/mol. The molecule has 0 spiro atoms. The van der Waals surface area contributed by atoms with Gasteiger partial charge in [-0.15, -0.1) is 5.10 Å². The molecule has 0 saturated heterocycles. The lowest BCUT2D eigenvalue weighted by atomic mass is 10.0. The third-order valence-electron chi connectivity index (χ3n) is 4.05. The third kappa shape index (κ3) is 2.63. The second-order valence-corrected chi connectivity index (χ2v) is 5.77. The second kappa shape index (κ2) is 5.79. The van der Waals surface area contributed by atoms with Gasteiger partial charge in [0.1, 0.15) is 0 Å². The Balaban J connectivity index is 1.80. The number of hydrogen-bond acceptors (Lipinski definition) is 4. The molecule has 1 aromatic carbocycles. The van der Waals surface area contributed by atoms with Crippen molar-refractivity contribution in [1.82, 2.24) is 20.2 Å². The van der Waals surface area contributed by atoms with E-state index in [0.717, 1.165) is 24.4 Å². The number of anilines is 1. The van der Waals surface area contributed by atoms with Crippen LogP contribution in [-0.4, -0.2) is 20.2 Å². The van der Waals surface area contributed by atoms with Crippen molar-refractivity contribution < 1.29 is 0 Å². The molecule has 1 fully saturated rings. The fraction of sp³-hybridized carbons (Fsp3) is 0.500. The van der Waals surface area contributed by atoms with Crippen molar-refractivity contribution in [3.8, 4) is 11.4 Å². The molecule has 0 bridgehead atoms. The first kappa shape index (κ1) is 13.4. The number of tetrazole rings is 1. The molecule has 5 nitrogen and oxygen atoms in total. The number of para-hydroxylation sites is 1. The van der Waals surface area contributed by atoms with Crippen molar-refractivity contribution in [1.29, 1.82) is 0 Å². The summed E-state index contributed by atoms with van der Waals surface area (Å²) < 4.78 is 1.83. The molecule has 0 unspecified atom stereocenters. The van der Waals surface area contributed by atoms with Crippen molar-refractivity contribution >= 4 is 17.3 Å². The van der Waals surface area contributed by atoms with Crippen LogP contribution < -0.4 is 5.73 Å². The number of halogens is 1. The number of nitrogens with zero attached hydrogens (tertiary/aromatic N) is 4. The highest BCUT2D eigenvalue weighted by Gasteiger charge is 2.17. The summed E-state index contributed by atoms with van der Waals surface area (Å²) in [4.78, 5) is 0. The normalized spacial score (nSPS) is 15.8. The number of nitrogen functional groups attached to an aromatic ring is 1. The second-order valence-electron chi connectivity index (χ2n) is 5.37. The average Bonchev–Trinajstić information content (AvgIpc) is 3.10. The molecule has 2 N–H and O–H groups in total. The van der Waals surface area contributed by atoms with Crippen molar-refractivity contribution in [2.45, 2.75) is 38.6 Å². The van der Waals surface area contributed by atoms with Gasteiger partial charge >= 0.3 is 0 Å². The van der Waals surface area contributed by atoms with E-state index in [-0.39, 0.29) is 0 Å². The van der Waals surface area contributed by atoms with Gasteiger partial charge < -0.3 is 5.73 Å². The maximum Gasteiger partial charge on any atom is 0.184 e. The van der Waals surface area contributed by atoms with Gasteiger partial charge in [-0.05, 0) is 34.9 Å². The first-order valence-electron chi connectivity index (χ1n) is 7.06. The van der Waals surface area contributed by atoms with Crippen LogP contribution in [0.2, 0.25) is 5.02 Å². The lowest BCUT2D eigenvalue weighted by molar-refractivity contribution is 0.436. The molecule has 1 aliphatic rings. The van der Waals surface area contributed by atoms with E-state index in [1.807, 2.05) is 16.8 Å². The number of benzene rings is 1. The van der Waals surface area contributed by atoms with Crippen LogP contribution >= 0.6 is 11.6 Å². The molecule has 1 heterocycles. The van der Waals surface area contributed by atoms with E-state index in [0.29, 0.717) is 16.5 Å². The van der Waals surface area contributed by atoms with Crippen LogP contribution in [0.4, 0.5) is 5.69 Å². The van der Waals surface area contributed by atoms with E-state index < -0.39 is 0 Å². The predicted molar refractivity (Wildman–Crippen MR) is 79.3 cm³/mol. The Hall–Kier alpha value is -1.62. The lowest BCUT2D eigenvalue weighted by Crippen LogP contribution is -2.08. The Morgan fingerprint density at radius 3 is 2.90 bits per heavy atom. The molecular formula is C14H18ClN5. The SMILES string of the molecule is Nc1c(Cl)cccc1-c1nnnn1CCC1CCCC1. The van der Waals surface area contributed by atoms with Gasteiger partial charge in [-0.1, -0.05) is 43.4 Å². The third-order valence-corrected chi connectivity index (χ3v) is 4.38. The quantitative estimate of drug-likeness (QED) is 0.879. The zero-order chi connectivity index (χ0) is 13.9. The van der Waals surface area contributed by atoms with Gasteiger partial charge in [-0.2, -0.15) is 0 Å². The van der Waals surface area contributed by atoms with Crippen molar-refractivity contribution in [3.05, 3.63) is 23.2 Å². The molecule has 1 aliphatic carbocycles. The largest absolute Gasteiger partial charge is 0.397 e. The van der Waals surface area contributed by atoms with Crippen LogP contribution in [0.5, 0.6) is 0 Å². The zero-order valence-corrected chi connectivity index (χ0v) is 12.1. The highest BCUT2D eigenvalue weighted by atomic mass is 35.5. The van der Waals surface area contributed by atoms with E-state index in [2.05, 4.69) is 15.5 Å². The Kier molecular flexibility index (Phi) is 3.87. The monoisotopic (exact) mass is 291 g/mol. The van der Waals surface area contributed by atoms with E-state index in [9.17, 15) is 0 Å². The van der Waals surface area contributed by atoms with E-state index in [1.165, 1.54) is 25.7 Å². The Morgan fingerprint density at radius 2 is 2.10 bits per heavy atom. The van der Waals surface area contributed by atoms with Gasteiger partial charge in [0, 0.05) is 12.1 Å². The van der Waals surface area contributed by atoms with Crippen LogP contribution in [0.15, 0.2) is 18.2 Å². The number of rotatable bonds is 4. The van der Waals surface area contributed by atoms with Crippen LogP contribution in [0.25, 0.3) is 11.4 Å². The molecule has 106 valence electrons. The Morgan fingerprint density at radius 1 is 1.30 bits per heavy atom. The maximum absolute atomic E-state index is 6.06. The Labute approximate surface area is 123 Å². The first-order chi connectivity index (χ1) is 9.75. The van der Waals surface area contributed by atoms with Crippen LogP contribution in [0.3, 0.4) is 0 Å². The van der Waals surface area contributed by atoms with Gasteiger partial charge in [-0.25, -0.2) is 4.68 Å². The average molecular weight is 292 g/mol. The molecule has 6 heteroatoms. The van der Waals surface area contributed by atoms with Gasteiger partial charge in [0.2, 0.25) is 0 Å². The molecule has 1 aromatic heterocycles. The summed E-state index contributed by atoms with van der Waals surface area (Å²) in [5.41, 5.74) is 7.35. The summed E-state index contributed by atoms with van der Waals surface area (Å²) in [7, 11) is 0. The van der Waals surface area contributed by atoms with Crippen molar-refractivity contribution in [2.24, 2.45) is 5.92 Å². The molecule has 0 aliphatic heterocycles. The standard InChI is InChI=1S/C14H18ClN5/c15-12-7-3-6-11(13(12)16)14-17-18-19-20(14)9-8-10-4-1-2-5-10/h3,6-7,10H,1-2,4-5,8-9,16H2. The van der Waals surface area contributed by atoms with Crippen LogP contribution in [0.1, 0.15) is 32.1 Å². The summed E-state index contributed by atoms with van der Waals surface area (Å²) >= 11 is 6.06. The van der Waals surface area contributed by atoms with Crippen LogP contribution in [-0.2, 0) is 6.54 Å². The minimum absolute atomic E-state index is 0.533. The fourth-order valence-corrected chi connectivity index (χ4v) is 3.06. The van der Waals surface area contributed by atoms with E-state index >= 15 is 0 Å². The number of aryl methyl sites for hydroxylation is 1. The molecule has 20 heavy (non-hydrogen) atoms. The molecule has 0 atom stereocenters. The van der Waals surface area contributed by atoms with Crippen LogP contribution in [0, 0.1) is 5.92 Å². The Bertz CT molecular complexity index is 589. The van der Waals surface area contributed by atoms with Crippen molar-refractivity contribution in [3.63, 3.8) is 0 Å².